The molecule has 3 heterocycles. The number of carbonyl (C=O) groups is 1. The zero-order valence-corrected chi connectivity index (χ0v) is 14.3. The minimum absolute atomic E-state index is 0.0835. The van der Waals surface area contributed by atoms with Crippen LogP contribution in [-0.2, 0) is 4.79 Å². The molecule has 5 rings (SSSR count). The number of nitrogens with one attached hydrogen (secondary N) is 1. The van der Waals surface area contributed by atoms with Crippen LogP contribution in [0.15, 0.2) is 29.3 Å². The van der Waals surface area contributed by atoms with E-state index >= 15 is 0 Å². The van der Waals surface area contributed by atoms with Crippen LogP contribution in [0.3, 0.4) is 0 Å². The molecule has 25 heavy (non-hydrogen) atoms. The number of piperidine rings is 2. The number of nitrogens with zero attached hydrogens (tertiary/aromatic N) is 1. The zero-order chi connectivity index (χ0) is 17.1. The molecule has 1 aromatic carbocycles. The Kier molecular flexibility index (Phi) is 3.51. The average Bonchev–Trinajstić information content (AvgIpc) is 2.99. The van der Waals surface area contributed by atoms with Gasteiger partial charge in [0, 0.05) is 24.7 Å². The fourth-order valence-electron chi connectivity index (χ4n) is 6.04. The maximum atomic E-state index is 11.8. The summed E-state index contributed by atoms with van der Waals surface area (Å²) in [6.07, 6.45) is 2.90. The van der Waals surface area contributed by atoms with E-state index in [4.69, 9.17) is 4.99 Å². The lowest BCUT2D eigenvalue weighted by atomic mass is 9.64. The molecule has 1 aliphatic carbocycles. The summed E-state index contributed by atoms with van der Waals surface area (Å²) in [7, 11) is 0. The molecule has 3 aliphatic heterocycles. The minimum Gasteiger partial charge on any atom is -0.481 e. The minimum atomic E-state index is -0.824. The molecule has 5 nitrogen and oxygen atoms in total. The SMILES string of the molecule is O=C(O)[C@H]1[C@H]2C[C@H]3C4=Nc5ccccc5C4CC[NH+]3C[C@H]2CC[C@@H]1O. The summed E-state index contributed by atoms with van der Waals surface area (Å²) in [5.74, 6) is -0.505. The van der Waals surface area contributed by atoms with E-state index in [-0.39, 0.29) is 5.92 Å². The molecule has 5 heteroatoms. The first-order valence-electron chi connectivity index (χ1n) is 9.56. The summed E-state index contributed by atoms with van der Waals surface area (Å²) in [6.45, 7) is 2.18. The summed E-state index contributed by atoms with van der Waals surface area (Å²) in [6, 6.07) is 8.73. The van der Waals surface area contributed by atoms with Crippen molar-refractivity contribution in [1.82, 2.24) is 0 Å². The van der Waals surface area contributed by atoms with E-state index in [2.05, 4.69) is 18.2 Å². The average molecular weight is 341 g/mol. The van der Waals surface area contributed by atoms with Crippen LogP contribution in [0.1, 0.15) is 37.2 Å². The molecule has 1 aromatic rings. The van der Waals surface area contributed by atoms with Gasteiger partial charge in [0.1, 0.15) is 6.04 Å². The highest BCUT2D eigenvalue weighted by atomic mass is 16.4. The molecule has 2 saturated heterocycles. The molecule has 0 bridgehead atoms. The molecule has 1 saturated carbocycles. The van der Waals surface area contributed by atoms with Gasteiger partial charge in [-0.25, -0.2) is 0 Å². The van der Waals surface area contributed by atoms with Crippen molar-refractivity contribution < 1.29 is 19.9 Å². The number of rotatable bonds is 1. The largest absolute Gasteiger partial charge is 0.481 e. The van der Waals surface area contributed by atoms with E-state index in [0.29, 0.717) is 24.3 Å². The number of aliphatic carboxylic acids is 1. The van der Waals surface area contributed by atoms with E-state index in [1.165, 1.54) is 11.3 Å². The van der Waals surface area contributed by atoms with Gasteiger partial charge in [0.25, 0.3) is 0 Å². The predicted molar refractivity (Wildman–Crippen MR) is 93.3 cm³/mol. The molecule has 3 N–H and O–H groups in total. The van der Waals surface area contributed by atoms with E-state index in [9.17, 15) is 15.0 Å². The van der Waals surface area contributed by atoms with Gasteiger partial charge in [-0.2, -0.15) is 0 Å². The van der Waals surface area contributed by atoms with Crippen molar-refractivity contribution >= 4 is 17.4 Å². The third-order valence-corrected chi connectivity index (χ3v) is 7.15. The summed E-state index contributed by atoms with van der Waals surface area (Å²) < 4.78 is 0. The Morgan fingerprint density at radius 1 is 1.20 bits per heavy atom. The fraction of sp³-hybridized carbons (Fsp3) is 0.600. The Bertz CT molecular complexity index is 746. The van der Waals surface area contributed by atoms with E-state index < -0.39 is 18.0 Å². The number of para-hydroxylation sites is 1. The number of quaternary nitrogens is 1. The van der Waals surface area contributed by atoms with Gasteiger partial charge >= 0.3 is 5.97 Å². The molecule has 2 unspecified atom stereocenters. The van der Waals surface area contributed by atoms with Crippen molar-refractivity contribution in [2.45, 2.75) is 43.7 Å². The van der Waals surface area contributed by atoms with Gasteiger partial charge in [0.05, 0.1) is 36.5 Å². The number of carboxylic acid groups (broad SMARTS) is 1. The molecule has 0 aromatic heterocycles. The molecule has 132 valence electrons. The number of hydrogen-bond acceptors (Lipinski definition) is 3. The Balaban J connectivity index is 1.47. The second-order valence-electron chi connectivity index (χ2n) is 8.27. The lowest BCUT2D eigenvalue weighted by Crippen LogP contribution is -3.19. The van der Waals surface area contributed by atoms with Crippen molar-refractivity contribution in [3.8, 4) is 0 Å². The Labute approximate surface area is 147 Å². The van der Waals surface area contributed by atoms with Gasteiger partial charge in [-0.3, -0.25) is 9.79 Å². The number of fused-ring (bicyclic) bond motifs is 6. The smallest absolute Gasteiger partial charge is 0.309 e. The van der Waals surface area contributed by atoms with Crippen LogP contribution >= 0.6 is 0 Å². The van der Waals surface area contributed by atoms with Crippen LogP contribution in [0.4, 0.5) is 5.69 Å². The van der Waals surface area contributed by atoms with Crippen LogP contribution in [0.5, 0.6) is 0 Å². The van der Waals surface area contributed by atoms with Gasteiger partial charge in [0.15, 0.2) is 0 Å². The number of aliphatic hydroxyl groups excluding tert-OH is 1. The van der Waals surface area contributed by atoms with E-state index in [0.717, 1.165) is 38.0 Å². The van der Waals surface area contributed by atoms with Crippen LogP contribution in [-0.4, -0.2) is 47.1 Å². The van der Waals surface area contributed by atoms with Crippen LogP contribution in [0.25, 0.3) is 0 Å². The summed E-state index contributed by atoms with van der Waals surface area (Å²) in [4.78, 5) is 18.3. The number of aliphatic imine (C=N–C) groups is 1. The van der Waals surface area contributed by atoms with Crippen molar-refractivity contribution in [3.05, 3.63) is 29.8 Å². The van der Waals surface area contributed by atoms with Crippen LogP contribution in [0.2, 0.25) is 0 Å². The molecule has 0 radical (unpaired) electrons. The number of benzene rings is 1. The number of aliphatic hydroxyl groups is 1. The summed E-state index contributed by atoms with van der Waals surface area (Å²) >= 11 is 0. The zero-order valence-electron chi connectivity index (χ0n) is 14.3. The Morgan fingerprint density at radius 2 is 2.04 bits per heavy atom. The van der Waals surface area contributed by atoms with Gasteiger partial charge < -0.3 is 15.1 Å². The lowest BCUT2D eigenvalue weighted by molar-refractivity contribution is -0.928. The molecule has 0 amide bonds. The van der Waals surface area contributed by atoms with Crippen molar-refractivity contribution in [2.75, 3.05) is 13.1 Å². The highest BCUT2D eigenvalue weighted by molar-refractivity contribution is 6.01. The summed E-state index contributed by atoms with van der Waals surface area (Å²) in [5.41, 5.74) is 3.71. The first-order chi connectivity index (χ1) is 12.1. The third-order valence-electron chi connectivity index (χ3n) is 7.15. The van der Waals surface area contributed by atoms with Crippen LogP contribution < -0.4 is 4.90 Å². The lowest BCUT2D eigenvalue weighted by Gasteiger charge is -2.49. The molecule has 4 aliphatic rings. The number of carboxylic acids is 1. The maximum Gasteiger partial charge on any atom is 0.309 e. The first kappa shape index (κ1) is 15.5. The Hall–Kier alpha value is -1.72. The van der Waals surface area contributed by atoms with Crippen molar-refractivity contribution in [1.29, 1.82) is 0 Å². The number of hydrogen-bond donors (Lipinski definition) is 3. The first-order valence-corrected chi connectivity index (χ1v) is 9.56. The monoisotopic (exact) mass is 341 g/mol. The topological polar surface area (TPSA) is 74.3 Å². The highest BCUT2D eigenvalue weighted by Gasteiger charge is 2.53. The van der Waals surface area contributed by atoms with Gasteiger partial charge in [-0.15, -0.1) is 0 Å². The highest BCUT2D eigenvalue weighted by Crippen LogP contribution is 2.44. The van der Waals surface area contributed by atoms with E-state index in [1.807, 2.05) is 6.07 Å². The third kappa shape index (κ3) is 2.29. The fourth-order valence-corrected chi connectivity index (χ4v) is 6.04. The quantitative estimate of drug-likeness (QED) is 0.714. The van der Waals surface area contributed by atoms with Crippen LogP contribution in [0, 0.1) is 17.8 Å². The maximum absolute atomic E-state index is 11.8. The van der Waals surface area contributed by atoms with Gasteiger partial charge in [-0.1, -0.05) is 18.2 Å². The van der Waals surface area contributed by atoms with Crippen molar-refractivity contribution in [3.63, 3.8) is 0 Å². The Morgan fingerprint density at radius 3 is 2.88 bits per heavy atom. The standard InChI is InChI=1S/C20H24N2O3/c23-17-6-5-11-10-22-8-7-13-12-3-1-2-4-15(12)21-19(13)16(22)9-14(11)18(17)20(24)25/h1-4,11,13-14,16-18,23H,5-10H2,(H,24,25)/p+1/t11-,13?,14+,16+,17+,18+/m1/s1. The molecule has 0 spiro atoms. The normalized spacial score (nSPS) is 41.8. The van der Waals surface area contributed by atoms with Gasteiger partial charge in [0.2, 0.25) is 0 Å². The summed E-state index contributed by atoms with van der Waals surface area (Å²) in [5, 5.41) is 20.0. The molecule has 7 atom stereocenters. The second kappa shape index (κ2) is 5.64. The molecule has 3 fully saturated rings. The van der Waals surface area contributed by atoms with Gasteiger partial charge in [-0.05, 0) is 30.4 Å². The second-order valence-corrected chi connectivity index (χ2v) is 8.27. The molecular weight excluding hydrogens is 316 g/mol. The molecular formula is C20H25N2O3+. The van der Waals surface area contributed by atoms with Crippen molar-refractivity contribution in [2.24, 2.45) is 22.7 Å². The predicted octanol–water partition coefficient (Wildman–Crippen LogP) is 1.01. The van der Waals surface area contributed by atoms with E-state index in [1.54, 1.807) is 4.90 Å².